The molecule has 84 valence electrons. The third-order valence-electron chi connectivity index (χ3n) is 2.40. The second-order valence-corrected chi connectivity index (χ2v) is 3.51. The molecule has 0 saturated carbocycles. The van der Waals surface area contributed by atoms with E-state index in [0.717, 1.165) is 6.42 Å². The Morgan fingerprint density at radius 2 is 2.07 bits per heavy atom. The zero-order valence-electron chi connectivity index (χ0n) is 9.08. The molecule has 1 N–H and O–H groups in total. The zero-order chi connectivity index (χ0) is 11.3. The number of carboxylic acids is 1. The second-order valence-electron chi connectivity index (χ2n) is 3.51. The molecule has 0 aliphatic carbocycles. The third kappa shape index (κ3) is 2.95. The Labute approximate surface area is 89.6 Å². The van der Waals surface area contributed by atoms with Gasteiger partial charge in [0.1, 0.15) is 5.92 Å². The van der Waals surface area contributed by atoms with Gasteiger partial charge in [0.05, 0.1) is 13.2 Å². The molecule has 15 heavy (non-hydrogen) atoms. The van der Waals surface area contributed by atoms with Crippen molar-refractivity contribution in [1.29, 1.82) is 0 Å². The van der Waals surface area contributed by atoms with Gasteiger partial charge in [0.15, 0.2) is 5.79 Å². The van der Waals surface area contributed by atoms with E-state index in [2.05, 4.69) is 11.8 Å². The Bertz CT molecular complexity index is 281. The van der Waals surface area contributed by atoms with Crippen molar-refractivity contribution in [3.8, 4) is 11.8 Å². The fourth-order valence-electron chi connectivity index (χ4n) is 1.53. The minimum absolute atomic E-state index is 0.264. The highest BCUT2D eigenvalue weighted by molar-refractivity contribution is 5.71. The first-order valence-corrected chi connectivity index (χ1v) is 5.06. The molecule has 1 saturated heterocycles. The first-order valence-electron chi connectivity index (χ1n) is 5.06. The van der Waals surface area contributed by atoms with Crippen molar-refractivity contribution in [2.45, 2.75) is 32.5 Å². The normalized spacial score (nSPS) is 20.4. The van der Waals surface area contributed by atoms with Gasteiger partial charge >= 0.3 is 5.97 Å². The minimum atomic E-state index is -1.02. The molecule has 1 aliphatic rings. The molecule has 1 fully saturated rings. The van der Waals surface area contributed by atoms with Gasteiger partial charge in [-0.3, -0.25) is 4.79 Å². The summed E-state index contributed by atoms with van der Waals surface area (Å²) in [5.41, 5.74) is 0. The fraction of sp³-hybridized carbons (Fsp3) is 0.727. The number of carboxylic acid groups (broad SMARTS) is 1. The quantitative estimate of drug-likeness (QED) is 0.715. The lowest BCUT2D eigenvalue weighted by Crippen LogP contribution is -2.40. The van der Waals surface area contributed by atoms with E-state index in [9.17, 15) is 4.79 Å². The Morgan fingerprint density at radius 3 is 2.53 bits per heavy atom. The maximum Gasteiger partial charge on any atom is 0.312 e. The van der Waals surface area contributed by atoms with Crippen LogP contribution in [0.2, 0.25) is 0 Å². The molecule has 0 aromatic rings. The molecule has 0 bridgehead atoms. The van der Waals surface area contributed by atoms with Crippen LogP contribution in [0.3, 0.4) is 0 Å². The number of aliphatic carboxylic acids is 1. The highest BCUT2D eigenvalue weighted by Crippen LogP contribution is 2.30. The molecular formula is C11H16O4. The summed E-state index contributed by atoms with van der Waals surface area (Å²) in [5.74, 6) is 3.01. The van der Waals surface area contributed by atoms with Crippen molar-refractivity contribution >= 4 is 5.97 Å². The molecule has 0 spiro atoms. The van der Waals surface area contributed by atoms with Gasteiger partial charge in [0.25, 0.3) is 0 Å². The Morgan fingerprint density at radius 1 is 1.47 bits per heavy atom. The summed E-state index contributed by atoms with van der Waals surface area (Å²) in [6.45, 7) is 4.47. The van der Waals surface area contributed by atoms with Gasteiger partial charge in [-0.25, -0.2) is 0 Å². The van der Waals surface area contributed by atoms with Crippen molar-refractivity contribution in [2.75, 3.05) is 13.2 Å². The maximum atomic E-state index is 11.1. The smallest absolute Gasteiger partial charge is 0.312 e. The van der Waals surface area contributed by atoms with Gasteiger partial charge in [-0.1, -0.05) is 6.92 Å². The molecule has 1 rings (SSSR count). The van der Waals surface area contributed by atoms with Crippen LogP contribution in [0.15, 0.2) is 0 Å². The molecule has 0 amide bonds. The van der Waals surface area contributed by atoms with Gasteiger partial charge in [-0.2, -0.15) is 0 Å². The van der Waals surface area contributed by atoms with Crippen LogP contribution in [-0.2, 0) is 14.3 Å². The van der Waals surface area contributed by atoms with Crippen molar-refractivity contribution in [1.82, 2.24) is 0 Å². The minimum Gasteiger partial charge on any atom is -0.481 e. The van der Waals surface area contributed by atoms with E-state index in [1.54, 1.807) is 6.92 Å². The first-order chi connectivity index (χ1) is 7.10. The molecule has 4 heteroatoms. The summed E-state index contributed by atoms with van der Waals surface area (Å²) in [4.78, 5) is 11.1. The van der Waals surface area contributed by atoms with E-state index in [0.29, 0.717) is 13.2 Å². The number of carbonyl (C=O) groups is 1. The molecule has 4 nitrogen and oxygen atoms in total. The molecular weight excluding hydrogens is 196 g/mol. The Kier molecular flexibility index (Phi) is 4.13. The SMILES string of the molecule is CCC#CCC(C(=O)O)C1(C)OCCO1. The van der Waals surface area contributed by atoms with Crippen LogP contribution in [0.4, 0.5) is 0 Å². The second kappa shape index (κ2) is 5.15. The molecule has 0 radical (unpaired) electrons. The lowest BCUT2D eigenvalue weighted by molar-refractivity contribution is -0.195. The first kappa shape index (κ1) is 12.0. The fourth-order valence-corrected chi connectivity index (χ4v) is 1.53. The van der Waals surface area contributed by atoms with Crippen LogP contribution >= 0.6 is 0 Å². The predicted octanol–water partition coefficient (Wildman–Crippen LogP) is 1.25. The Hall–Kier alpha value is -1.05. The van der Waals surface area contributed by atoms with E-state index in [4.69, 9.17) is 14.6 Å². The van der Waals surface area contributed by atoms with Crippen molar-refractivity contribution in [2.24, 2.45) is 5.92 Å². The van der Waals surface area contributed by atoms with Crippen LogP contribution in [-0.4, -0.2) is 30.1 Å². The molecule has 1 unspecified atom stereocenters. The van der Waals surface area contributed by atoms with Crippen LogP contribution in [0, 0.1) is 17.8 Å². The van der Waals surface area contributed by atoms with E-state index in [-0.39, 0.29) is 6.42 Å². The average molecular weight is 212 g/mol. The lowest BCUT2D eigenvalue weighted by Gasteiger charge is -2.27. The van der Waals surface area contributed by atoms with E-state index < -0.39 is 17.7 Å². The van der Waals surface area contributed by atoms with Gasteiger partial charge in [-0.15, -0.1) is 11.8 Å². The summed E-state index contributed by atoms with van der Waals surface area (Å²) in [6.07, 6.45) is 0.991. The van der Waals surface area contributed by atoms with Crippen LogP contribution in [0.25, 0.3) is 0 Å². The third-order valence-corrected chi connectivity index (χ3v) is 2.40. The summed E-state index contributed by atoms with van der Waals surface area (Å²) in [6, 6.07) is 0. The molecule has 1 aliphatic heterocycles. The van der Waals surface area contributed by atoms with Crippen LogP contribution in [0.1, 0.15) is 26.7 Å². The zero-order valence-corrected chi connectivity index (χ0v) is 9.08. The number of rotatable bonds is 3. The van der Waals surface area contributed by atoms with E-state index in [1.165, 1.54) is 0 Å². The monoisotopic (exact) mass is 212 g/mol. The summed E-state index contributed by atoms with van der Waals surface area (Å²) in [7, 11) is 0. The number of hydrogen-bond donors (Lipinski definition) is 1. The molecule has 0 aromatic heterocycles. The maximum absolute atomic E-state index is 11.1. The molecule has 1 heterocycles. The van der Waals surface area contributed by atoms with Gasteiger partial charge in [0, 0.05) is 12.8 Å². The van der Waals surface area contributed by atoms with Gasteiger partial charge < -0.3 is 14.6 Å². The summed E-state index contributed by atoms with van der Waals surface area (Å²) < 4.78 is 10.6. The summed E-state index contributed by atoms with van der Waals surface area (Å²) >= 11 is 0. The highest BCUT2D eigenvalue weighted by atomic mass is 16.7. The van der Waals surface area contributed by atoms with Gasteiger partial charge in [0.2, 0.25) is 0 Å². The van der Waals surface area contributed by atoms with Crippen LogP contribution in [0.5, 0.6) is 0 Å². The average Bonchev–Trinajstić information content (AvgIpc) is 2.60. The predicted molar refractivity (Wildman–Crippen MR) is 54.1 cm³/mol. The topological polar surface area (TPSA) is 55.8 Å². The number of ether oxygens (including phenoxy) is 2. The lowest BCUT2D eigenvalue weighted by atomic mass is 9.96. The van der Waals surface area contributed by atoms with Crippen molar-refractivity contribution in [3.05, 3.63) is 0 Å². The van der Waals surface area contributed by atoms with Gasteiger partial charge in [-0.05, 0) is 6.92 Å². The Balaban J connectivity index is 2.68. The highest BCUT2D eigenvalue weighted by Gasteiger charge is 2.43. The standard InChI is InChI=1S/C11H16O4/c1-3-4-5-6-9(10(12)13)11(2)14-7-8-15-11/h9H,3,6-8H2,1-2H3,(H,12,13). The van der Waals surface area contributed by atoms with Crippen molar-refractivity contribution < 1.29 is 19.4 Å². The molecule has 1 atom stereocenters. The molecule has 0 aromatic carbocycles. The van der Waals surface area contributed by atoms with E-state index >= 15 is 0 Å². The van der Waals surface area contributed by atoms with E-state index in [1.807, 2.05) is 6.92 Å². The van der Waals surface area contributed by atoms with Crippen LogP contribution < -0.4 is 0 Å². The number of hydrogen-bond acceptors (Lipinski definition) is 3. The summed E-state index contributed by atoms with van der Waals surface area (Å²) in [5, 5.41) is 9.07. The largest absolute Gasteiger partial charge is 0.481 e. The van der Waals surface area contributed by atoms with Crippen molar-refractivity contribution in [3.63, 3.8) is 0 Å².